The second-order valence-electron chi connectivity index (χ2n) is 2.18. The van der Waals surface area contributed by atoms with Gasteiger partial charge in [0.2, 0.25) is 0 Å². The maximum absolute atomic E-state index is 5.44. The molecule has 2 N–H and O–H groups in total. The molecular formula is C7H6N4S. The van der Waals surface area contributed by atoms with Gasteiger partial charge in [-0.3, -0.25) is 0 Å². The Kier molecular flexibility index (Phi) is 1.71. The number of rotatable bonds is 1. The van der Waals surface area contributed by atoms with Gasteiger partial charge in [0.1, 0.15) is 0 Å². The highest BCUT2D eigenvalue weighted by Gasteiger charge is 2.01. The Morgan fingerprint density at radius 1 is 1.17 bits per heavy atom. The first-order valence-corrected chi connectivity index (χ1v) is 4.21. The summed E-state index contributed by atoms with van der Waals surface area (Å²) >= 11 is 1.50. The SMILES string of the molecule is Nc1cnc(-c2nccs2)nc1. The second kappa shape index (κ2) is 2.86. The van der Waals surface area contributed by atoms with Crippen molar-refractivity contribution in [1.29, 1.82) is 0 Å². The average molecular weight is 178 g/mol. The first kappa shape index (κ1) is 7.17. The molecule has 2 rings (SSSR count). The van der Waals surface area contributed by atoms with E-state index in [9.17, 15) is 0 Å². The van der Waals surface area contributed by atoms with E-state index >= 15 is 0 Å². The van der Waals surface area contributed by atoms with Gasteiger partial charge < -0.3 is 5.73 Å². The van der Waals surface area contributed by atoms with E-state index in [1.807, 2.05) is 5.38 Å². The first-order valence-electron chi connectivity index (χ1n) is 3.33. The summed E-state index contributed by atoms with van der Waals surface area (Å²) in [5.74, 6) is 0.624. The number of nitrogens with two attached hydrogens (primary N) is 1. The fraction of sp³-hybridized carbons (Fsp3) is 0. The normalized spacial score (nSPS) is 10.0. The molecule has 0 radical (unpaired) electrons. The minimum Gasteiger partial charge on any atom is -0.396 e. The molecule has 2 heterocycles. The van der Waals surface area contributed by atoms with Crippen LogP contribution in [0.2, 0.25) is 0 Å². The Hall–Kier alpha value is -1.49. The van der Waals surface area contributed by atoms with Crippen molar-refractivity contribution in [3.8, 4) is 10.8 Å². The predicted octanol–water partition coefficient (Wildman–Crippen LogP) is 1.18. The molecule has 5 heteroatoms. The molecule has 0 saturated heterocycles. The maximum Gasteiger partial charge on any atom is 0.188 e. The second-order valence-corrected chi connectivity index (χ2v) is 3.07. The minimum absolute atomic E-state index is 0.565. The van der Waals surface area contributed by atoms with Gasteiger partial charge in [-0.05, 0) is 0 Å². The number of hydrogen-bond donors (Lipinski definition) is 1. The predicted molar refractivity (Wildman–Crippen MR) is 47.6 cm³/mol. The standard InChI is InChI=1S/C7H6N4S/c8-5-3-10-6(11-4-5)7-9-1-2-12-7/h1-4H,8H2. The van der Waals surface area contributed by atoms with E-state index in [1.54, 1.807) is 18.6 Å². The van der Waals surface area contributed by atoms with Crippen LogP contribution in [0.5, 0.6) is 0 Å². The van der Waals surface area contributed by atoms with E-state index < -0.39 is 0 Å². The molecule has 0 unspecified atom stereocenters. The molecule has 0 amide bonds. The summed E-state index contributed by atoms with van der Waals surface area (Å²) in [5.41, 5.74) is 6.00. The minimum atomic E-state index is 0.565. The van der Waals surface area contributed by atoms with Gasteiger partial charge in [-0.15, -0.1) is 11.3 Å². The Morgan fingerprint density at radius 3 is 2.50 bits per heavy atom. The summed E-state index contributed by atoms with van der Waals surface area (Å²) < 4.78 is 0. The molecule has 0 aliphatic carbocycles. The first-order chi connectivity index (χ1) is 5.86. The van der Waals surface area contributed by atoms with Crippen molar-refractivity contribution < 1.29 is 0 Å². The highest BCUT2D eigenvalue weighted by atomic mass is 32.1. The molecule has 0 spiro atoms. The van der Waals surface area contributed by atoms with E-state index in [-0.39, 0.29) is 0 Å². The van der Waals surface area contributed by atoms with Crippen LogP contribution < -0.4 is 5.73 Å². The van der Waals surface area contributed by atoms with Crippen molar-refractivity contribution >= 4 is 17.0 Å². The summed E-state index contributed by atoms with van der Waals surface area (Å²) in [6.45, 7) is 0. The Labute approximate surface area is 73.1 Å². The largest absolute Gasteiger partial charge is 0.396 e. The lowest BCUT2D eigenvalue weighted by Crippen LogP contribution is -1.91. The quantitative estimate of drug-likeness (QED) is 0.712. The number of nitrogen functional groups attached to an aromatic ring is 1. The lowest BCUT2D eigenvalue weighted by molar-refractivity contribution is 1.17. The Bertz CT molecular complexity index is 353. The highest BCUT2D eigenvalue weighted by molar-refractivity contribution is 7.12. The molecule has 0 aliphatic heterocycles. The molecule has 0 saturated carbocycles. The molecule has 0 aliphatic rings. The van der Waals surface area contributed by atoms with Crippen molar-refractivity contribution in [2.24, 2.45) is 0 Å². The van der Waals surface area contributed by atoms with E-state index in [0.29, 0.717) is 11.5 Å². The van der Waals surface area contributed by atoms with Gasteiger partial charge in [0, 0.05) is 11.6 Å². The lowest BCUT2D eigenvalue weighted by Gasteiger charge is -1.93. The molecule has 2 aromatic heterocycles. The van der Waals surface area contributed by atoms with E-state index in [0.717, 1.165) is 5.01 Å². The Morgan fingerprint density at radius 2 is 1.92 bits per heavy atom. The van der Waals surface area contributed by atoms with E-state index in [1.165, 1.54) is 11.3 Å². The van der Waals surface area contributed by atoms with E-state index in [2.05, 4.69) is 15.0 Å². The third-order valence-electron chi connectivity index (χ3n) is 1.30. The van der Waals surface area contributed by atoms with Gasteiger partial charge >= 0.3 is 0 Å². The summed E-state index contributed by atoms with van der Waals surface area (Å²) in [4.78, 5) is 12.1. The molecule has 4 nitrogen and oxygen atoms in total. The molecule has 0 fully saturated rings. The summed E-state index contributed by atoms with van der Waals surface area (Å²) in [5, 5.41) is 2.70. The fourth-order valence-corrected chi connectivity index (χ4v) is 1.37. The van der Waals surface area contributed by atoms with Gasteiger partial charge in [-0.25, -0.2) is 15.0 Å². The molecular weight excluding hydrogens is 172 g/mol. The Balaban J connectivity index is 2.43. The molecule has 2 aromatic rings. The van der Waals surface area contributed by atoms with Crippen molar-refractivity contribution in [3.63, 3.8) is 0 Å². The number of hydrogen-bond acceptors (Lipinski definition) is 5. The van der Waals surface area contributed by atoms with Crippen molar-refractivity contribution in [1.82, 2.24) is 15.0 Å². The van der Waals surface area contributed by atoms with Gasteiger partial charge in [-0.1, -0.05) is 0 Å². The van der Waals surface area contributed by atoms with Gasteiger partial charge in [0.05, 0.1) is 18.1 Å². The summed E-state index contributed by atoms with van der Waals surface area (Å²) in [6.07, 6.45) is 4.87. The van der Waals surface area contributed by atoms with Crippen LogP contribution >= 0.6 is 11.3 Å². The lowest BCUT2D eigenvalue weighted by atomic mass is 10.5. The fourth-order valence-electron chi connectivity index (χ4n) is 0.782. The smallest absolute Gasteiger partial charge is 0.188 e. The van der Waals surface area contributed by atoms with Gasteiger partial charge in [0.25, 0.3) is 0 Å². The monoisotopic (exact) mass is 178 g/mol. The summed E-state index contributed by atoms with van der Waals surface area (Å²) in [7, 11) is 0. The molecule has 0 aromatic carbocycles. The van der Waals surface area contributed by atoms with Crippen LogP contribution in [0.15, 0.2) is 24.0 Å². The van der Waals surface area contributed by atoms with Crippen LogP contribution in [0.1, 0.15) is 0 Å². The van der Waals surface area contributed by atoms with Crippen molar-refractivity contribution in [2.45, 2.75) is 0 Å². The summed E-state index contributed by atoms with van der Waals surface area (Å²) in [6, 6.07) is 0. The third-order valence-corrected chi connectivity index (χ3v) is 2.06. The zero-order valence-electron chi connectivity index (χ0n) is 6.14. The molecule has 12 heavy (non-hydrogen) atoms. The van der Waals surface area contributed by atoms with Crippen LogP contribution in [0.3, 0.4) is 0 Å². The third kappa shape index (κ3) is 1.26. The topological polar surface area (TPSA) is 64.7 Å². The van der Waals surface area contributed by atoms with Crippen LogP contribution in [-0.2, 0) is 0 Å². The number of aromatic nitrogens is 3. The zero-order chi connectivity index (χ0) is 8.39. The number of anilines is 1. The number of nitrogens with zero attached hydrogens (tertiary/aromatic N) is 3. The van der Waals surface area contributed by atoms with Crippen LogP contribution in [0.4, 0.5) is 5.69 Å². The zero-order valence-corrected chi connectivity index (χ0v) is 6.95. The molecule has 0 bridgehead atoms. The number of thiazole rings is 1. The van der Waals surface area contributed by atoms with E-state index in [4.69, 9.17) is 5.73 Å². The van der Waals surface area contributed by atoms with Gasteiger partial charge in [0.15, 0.2) is 10.8 Å². The van der Waals surface area contributed by atoms with Crippen molar-refractivity contribution in [2.75, 3.05) is 5.73 Å². The highest BCUT2D eigenvalue weighted by Crippen LogP contribution is 2.16. The average Bonchev–Trinajstić information content (AvgIpc) is 2.58. The van der Waals surface area contributed by atoms with Crippen LogP contribution in [0.25, 0.3) is 10.8 Å². The van der Waals surface area contributed by atoms with Crippen LogP contribution in [-0.4, -0.2) is 15.0 Å². The molecule has 0 atom stereocenters. The maximum atomic E-state index is 5.44. The van der Waals surface area contributed by atoms with Crippen LogP contribution in [0, 0.1) is 0 Å². The van der Waals surface area contributed by atoms with Gasteiger partial charge in [-0.2, -0.15) is 0 Å². The van der Waals surface area contributed by atoms with Crippen molar-refractivity contribution in [3.05, 3.63) is 24.0 Å². The molecule has 60 valence electrons.